The minimum absolute atomic E-state index is 0.186. The first-order valence-corrected chi connectivity index (χ1v) is 12.7. The molecular formula is C30H26ClN3O4. The van der Waals surface area contributed by atoms with Gasteiger partial charge in [-0.2, -0.15) is 5.10 Å². The number of benzene rings is 3. The number of hydrogen-bond donors (Lipinski definition) is 2. The number of carbonyl (C=O) groups is 2. The van der Waals surface area contributed by atoms with E-state index < -0.39 is 5.91 Å². The van der Waals surface area contributed by atoms with Crippen LogP contribution in [0, 0.1) is 6.92 Å². The van der Waals surface area contributed by atoms with E-state index in [1.165, 1.54) is 0 Å². The maximum atomic E-state index is 13.3. The van der Waals surface area contributed by atoms with E-state index in [0.29, 0.717) is 52.1 Å². The van der Waals surface area contributed by atoms with Gasteiger partial charge in [0.25, 0.3) is 5.91 Å². The zero-order chi connectivity index (χ0) is 26.5. The third-order valence-electron chi connectivity index (χ3n) is 6.22. The zero-order valence-corrected chi connectivity index (χ0v) is 21.5. The van der Waals surface area contributed by atoms with Gasteiger partial charge in [-0.15, -0.1) is 0 Å². The van der Waals surface area contributed by atoms with E-state index in [2.05, 4.69) is 15.8 Å². The van der Waals surface area contributed by atoms with Gasteiger partial charge in [0, 0.05) is 22.6 Å². The number of nitrogens with one attached hydrogen (secondary N) is 2. The lowest BCUT2D eigenvalue weighted by Crippen LogP contribution is -2.23. The summed E-state index contributed by atoms with van der Waals surface area (Å²) in [7, 11) is 0. The Kier molecular flexibility index (Phi) is 7.56. The first-order chi connectivity index (χ1) is 18.5. The largest absolute Gasteiger partial charge is 0.455 e. The Bertz CT molecular complexity index is 1500. The molecule has 0 saturated heterocycles. The lowest BCUT2D eigenvalue weighted by molar-refractivity contribution is -0.120. The molecule has 0 saturated carbocycles. The number of ether oxygens (including phenoxy) is 1. The highest BCUT2D eigenvalue weighted by Gasteiger charge is 2.28. The molecular weight excluding hydrogens is 502 g/mol. The van der Waals surface area contributed by atoms with Crippen molar-refractivity contribution in [3.63, 3.8) is 0 Å². The third kappa shape index (κ3) is 5.79. The summed E-state index contributed by atoms with van der Waals surface area (Å²) in [5, 5.41) is 7.73. The Morgan fingerprint density at radius 3 is 2.50 bits per heavy atom. The zero-order valence-electron chi connectivity index (χ0n) is 20.8. The molecule has 3 aromatic carbocycles. The highest BCUT2D eigenvalue weighted by atomic mass is 35.5. The quantitative estimate of drug-likeness (QED) is 0.262. The summed E-state index contributed by atoms with van der Waals surface area (Å²) in [5.74, 6) is 1.32. The number of hydrazone groups is 1. The van der Waals surface area contributed by atoms with E-state index in [-0.39, 0.29) is 18.1 Å². The molecule has 0 spiro atoms. The average Bonchev–Trinajstić information content (AvgIpc) is 3.27. The third-order valence-corrected chi connectivity index (χ3v) is 6.45. The normalized spacial score (nSPS) is 13.6. The summed E-state index contributed by atoms with van der Waals surface area (Å²) >= 11 is 6.21. The molecule has 5 rings (SSSR count). The number of hydrogen-bond acceptors (Lipinski definition) is 5. The number of nitrogens with zero attached hydrogens (tertiary/aromatic N) is 1. The summed E-state index contributed by atoms with van der Waals surface area (Å²) < 4.78 is 12.0. The molecule has 0 aliphatic heterocycles. The predicted molar refractivity (Wildman–Crippen MR) is 147 cm³/mol. The van der Waals surface area contributed by atoms with Gasteiger partial charge in [-0.05, 0) is 55.7 Å². The van der Waals surface area contributed by atoms with Gasteiger partial charge >= 0.3 is 0 Å². The molecule has 1 aromatic heterocycles. The van der Waals surface area contributed by atoms with Crippen LogP contribution >= 0.6 is 11.6 Å². The van der Waals surface area contributed by atoms with Gasteiger partial charge in [0.1, 0.15) is 11.5 Å². The fourth-order valence-electron chi connectivity index (χ4n) is 4.43. The van der Waals surface area contributed by atoms with Crippen LogP contribution in [0.3, 0.4) is 0 Å². The van der Waals surface area contributed by atoms with E-state index in [1.807, 2.05) is 67.6 Å². The fourth-order valence-corrected chi connectivity index (χ4v) is 4.60. The van der Waals surface area contributed by atoms with Gasteiger partial charge in [0.05, 0.1) is 17.8 Å². The summed E-state index contributed by atoms with van der Waals surface area (Å²) in [6.45, 7) is 1.82. The highest BCUT2D eigenvalue weighted by molar-refractivity contribution is 6.31. The number of aryl methyl sites for hydroxylation is 1. The minimum atomic E-state index is -0.426. The van der Waals surface area contributed by atoms with Crippen molar-refractivity contribution < 1.29 is 18.7 Å². The van der Waals surface area contributed by atoms with Crippen molar-refractivity contribution in [1.29, 1.82) is 0 Å². The van der Waals surface area contributed by atoms with Crippen molar-refractivity contribution in [2.24, 2.45) is 5.10 Å². The van der Waals surface area contributed by atoms with Crippen LogP contribution in [-0.2, 0) is 17.6 Å². The molecule has 4 aromatic rings. The second kappa shape index (κ2) is 11.4. The van der Waals surface area contributed by atoms with Gasteiger partial charge in [0.2, 0.25) is 5.91 Å². The second-order valence-corrected chi connectivity index (χ2v) is 9.41. The second-order valence-electron chi connectivity index (χ2n) is 8.97. The maximum Gasteiger partial charge on any atom is 0.291 e. The minimum Gasteiger partial charge on any atom is -0.455 e. The van der Waals surface area contributed by atoms with Crippen LogP contribution < -0.4 is 15.5 Å². The molecule has 192 valence electrons. The molecule has 1 heterocycles. The van der Waals surface area contributed by atoms with Crippen LogP contribution in [0.1, 0.15) is 45.8 Å². The monoisotopic (exact) mass is 527 g/mol. The molecule has 0 unspecified atom stereocenters. The Morgan fingerprint density at radius 1 is 1.00 bits per heavy atom. The number of amides is 2. The molecule has 0 atom stereocenters. The van der Waals surface area contributed by atoms with Crippen LogP contribution in [0.2, 0.25) is 5.02 Å². The van der Waals surface area contributed by atoms with Crippen LogP contribution in [-0.4, -0.2) is 17.5 Å². The van der Waals surface area contributed by atoms with Gasteiger partial charge in [-0.1, -0.05) is 60.1 Å². The number of fused-ring (bicyclic) bond motifs is 1. The van der Waals surface area contributed by atoms with Crippen molar-refractivity contribution in [3.05, 3.63) is 112 Å². The number of para-hydroxylation sites is 1. The van der Waals surface area contributed by atoms with Crippen molar-refractivity contribution in [1.82, 2.24) is 5.43 Å². The lowest BCUT2D eigenvalue weighted by atomic mass is 9.93. The number of anilines is 1. The molecule has 2 N–H and O–H groups in total. The van der Waals surface area contributed by atoms with E-state index >= 15 is 0 Å². The van der Waals surface area contributed by atoms with Crippen LogP contribution in [0.15, 0.2) is 88.4 Å². The maximum absolute atomic E-state index is 13.3. The van der Waals surface area contributed by atoms with Crippen molar-refractivity contribution in [2.75, 3.05) is 5.32 Å². The number of furan rings is 1. The molecule has 0 bridgehead atoms. The first kappa shape index (κ1) is 25.3. The Balaban J connectivity index is 1.35. The van der Waals surface area contributed by atoms with E-state index in [0.717, 1.165) is 17.5 Å². The molecule has 2 amide bonds. The van der Waals surface area contributed by atoms with Crippen LogP contribution in [0.5, 0.6) is 11.5 Å². The van der Waals surface area contributed by atoms with Crippen molar-refractivity contribution in [3.8, 4) is 11.5 Å². The molecule has 1 aliphatic rings. The summed E-state index contributed by atoms with van der Waals surface area (Å²) in [4.78, 5) is 25.8. The highest BCUT2D eigenvalue weighted by Crippen LogP contribution is 2.34. The number of halogens is 1. The van der Waals surface area contributed by atoms with Gasteiger partial charge in [0.15, 0.2) is 11.5 Å². The summed E-state index contributed by atoms with van der Waals surface area (Å²) in [6, 6.07) is 23.8. The fraction of sp³-hybridized carbons (Fsp3) is 0.167. The summed E-state index contributed by atoms with van der Waals surface area (Å²) in [6.07, 6.45) is 2.39. The number of carbonyl (C=O) groups excluding carboxylic acids is 2. The Hall–Kier alpha value is -4.36. The standard InChI is InChI=1S/C30H26ClN3O4/c1-19-28-23(33-34-27(35)17-20-9-4-2-5-10-20)13-8-14-26(28)38-29(19)30(36)32-24-18-21(31)15-16-25(24)37-22-11-6-3-7-12-22/h2-7,9-12,15-16,18H,8,13-14,17H2,1H3,(H,32,36)(H,34,35)/b33-23+. The van der Waals surface area contributed by atoms with Crippen LogP contribution in [0.25, 0.3) is 0 Å². The Morgan fingerprint density at radius 2 is 1.74 bits per heavy atom. The van der Waals surface area contributed by atoms with Gasteiger partial charge < -0.3 is 14.5 Å². The summed E-state index contributed by atoms with van der Waals surface area (Å²) in [5.41, 5.74) is 6.12. The van der Waals surface area contributed by atoms with Gasteiger partial charge in [-0.25, -0.2) is 5.43 Å². The van der Waals surface area contributed by atoms with Crippen molar-refractivity contribution in [2.45, 2.75) is 32.6 Å². The van der Waals surface area contributed by atoms with E-state index in [9.17, 15) is 9.59 Å². The molecule has 0 fully saturated rings. The molecule has 1 aliphatic carbocycles. The van der Waals surface area contributed by atoms with Gasteiger partial charge in [-0.3, -0.25) is 9.59 Å². The first-order valence-electron chi connectivity index (χ1n) is 12.3. The SMILES string of the molecule is Cc1c(C(=O)Nc2cc(Cl)ccc2Oc2ccccc2)oc2c1/C(=N/NC(=O)Cc1ccccc1)CCC2. The lowest BCUT2D eigenvalue weighted by Gasteiger charge is -2.13. The van der Waals surface area contributed by atoms with Crippen molar-refractivity contribution >= 4 is 34.8 Å². The molecule has 7 nitrogen and oxygen atoms in total. The molecule has 0 radical (unpaired) electrons. The smallest absolute Gasteiger partial charge is 0.291 e. The Labute approximate surface area is 225 Å². The number of rotatable bonds is 7. The molecule has 8 heteroatoms. The average molecular weight is 528 g/mol. The van der Waals surface area contributed by atoms with E-state index in [1.54, 1.807) is 18.2 Å². The van der Waals surface area contributed by atoms with Crippen LogP contribution in [0.4, 0.5) is 5.69 Å². The van der Waals surface area contributed by atoms with E-state index in [4.69, 9.17) is 20.8 Å². The predicted octanol–water partition coefficient (Wildman–Crippen LogP) is 6.69. The molecule has 38 heavy (non-hydrogen) atoms. The topological polar surface area (TPSA) is 92.9 Å².